The van der Waals surface area contributed by atoms with E-state index >= 15 is 0 Å². The van der Waals surface area contributed by atoms with Gasteiger partial charge in [0, 0.05) is 12.8 Å². The lowest BCUT2D eigenvalue weighted by atomic mass is 10.2. The Morgan fingerprint density at radius 1 is 1.75 bits per heavy atom. The lowest BCUT2D eigenvalue weighted by Gasteiger charge is -2.10. The van der Waals surface area contributed by atoms with Gasteiger partial charge in [0.2, 0.25) is 0 Å². The van der Waals surface area contributed by atoms with Crippen molar-refractivity contribution in [1.82, 2.24) is 9.78 Å². The van der Waals surface area contributed by atoms with E-state index in [9.17, 15) is 0 Å². The summed E-state index contributed by atoms with van der Waals surface area (Å²) in [6.45, 7) is 1.57. The first kappa shape index (κ1) is 7.76. The van der Waals surface area contributed by atoms with Gasteiger partial charge in [-0.1, -0.05) is 0 Å². The van der Waals surface area contributed by atoms with Gasteiger partial charge in [0.1, 0.15) is 0 Å². The fourth-order valence-electron chi connectivity index (χ4n) is 1.51. The number of nitrogens with zero attached hydrogens (tertiary/aromatic N) is 2. The monoisotopic (exact) mass is 168 g/mol. The van der Waals surface area contributed by atoms with Crippen molar-refractivity contribution in [3.63, 3.8) is 0 Å². The predicted molar refractivity (Wildman–Crippen MR) is 42.6 cm³/mol. The third-order valence-electron chi connectivity index (χ3n) is 2.17. The quantitative estimate of drug-likeness (QED) is 0.692. The van der Waals surface area contributed by atoms with Crippen molar-refractivity contribution in [3.05, 3.63) is 18.0 Å². The van der Waals surface area contributed by atoms with Crippen molar-refractivity contribution in [3.8, 4) is 0 Å². The molecule has 12 heavy (non-hydrogen) atoms. The van der Waals surface area contributed by atoms with Crippen LogP contribution >= 0.6 is 0 Å². The Morgan fingerprint density at radius 2 is 2.67 bits per heavy atom. The highest BCUT2D eigenvalue weighted by molar-refractivity contribution is 5.00. The van der Waals surface area contributed by atoms with Gasteiger partial charge in [-0.2, -0.15) is 5.10 Å². The molecule has 0 aliphatic carbocycles. The zero-order valence-corrected chi connectivity index (χ0v) is 6.81. The van der Waals surface area contributed by atoms with Gasteiger partial charge in [-0.3, -0.25) is 4.68 Å². The van der Waals surface area contributed by atoms with Gasteiger partial charge in [0.15, 0.2) is 0 Å². The molecular weight excluding hydrogens is 156 g/mol. The van der Waals surface area contributed by atoms with Crippen LogP contribution in [0.15, 0.2) is 12.3 Å². The molecule has 0 radical (unpaired) electrons. The second-order valence-electron chi connectivity index (χ2n) is 2.94. The molecule has 66 valence electrons. The number of aliphatic hydroxyl groups excluding tert-OH is 1. The zero-order chi connectivity index (χ0) is 8.39. The largest absolute Gasteiger partial charge is 0.390 e. The molecule has 1 fully saturated rings. The van der Waals surface area contributed by atoms with E-state index in [4.69, 9.17) is 9.84 Å². The van der Waals surface area contributed by atoms with Crippen LogP contribution in [-0.2, 0) is 11.3 Å². The van der Waals surface area contributed by atoms with Crippen molar-refractivity contribution in [2.24, 2.45) is 0 Å². The average molecular weight is 168 g/mol. The molecule has 1 atom stereocenters. The molecule has 4 heteroatoms. The summed E-state index contributed by atoms with van der Waals surface area (Å²) in [5, 5.41) is 13.1. The smallest absolute Gasteiger partial charge is 0.0850 e. The SMILES string of the molecule is OCc1ccnn1C1CCOC1. The second kappa shape index (κ2) is 3.25. The normalized spacial score (nSPS) is 23.2. The predicted octanol–water partition coefficient (Wildman–Crippen LogP) is 0.337. The molecule has 1 aliphatic heterocycles. The van der Waals surface area contributed by atoms with E-state index in [-0.39, 0.29) is 6.61 Å². The summed E-state index contributed by atoms with van der Waals surface area (Å²) in [6.07, 6.45) is 2.71. The van der Waals surface area contributed by atoms with Gasteiger partial charge in [-0.15, -0.1) is 0 Å². The van der Waals surface area contributed by atoms with Crippen LogP contribution in [-0.4, -0.2) is 28.1 Å². The maximum atomic E-state index is 8.97. The highest BCUT2D eigenvalue weighted by atomic mass is 16.5. The molecule has 1 N–H and O–H groups in total. The molecule has 1 aromatic rings. The number of aromatic nitrogens is 2. The molecule has 1 saturated heterocycles. The van der Waals surface area contributed by atoms with Crippen molar-refractivity contribution in [2.75, 3.05) is 13.2 Å². The lowest BCUT2D eigenvalue weighted by molar-refractivity contribution is 0.181. The Bertz CT molecular complexity index is 253. The van der Waals surface area contributed by atoms with Crippen LogP contribution < -0.4 is 0 Å². The number of aliphatic hydroxyl groups is 1. The molecule has 0 spiro atoms. The first-order valence-corrected chi connectivity index (χ1v) is 4.13. The van der Waals surface area contributed by atoms with Crippen LogP contribution in [0.1, 0.15) is 18.2 Å². The summed E-state index contributed by atoms with van der Waals surface area (Å²) in [5.74, 6) is 0. The molecule has 0 bridgehead atoms. The standard InChI is InChI=1S/C8H12N2O2/c11-5-7-1-3-9-10(7)8-2-4-12-6-8/h1,3,8,11H,2,4-6H2. The summed E-state index contributed by atoms with van der Waals surface area (Å²) in [5.41, 5.74) is 0.866. The summed E-state index contributed by atoms with van der Waals surface area (Å²) < 4.78 is 7.09. The summed E-state index contributed by atoms with van der Waals surface area (Å²) in [6, 6.07) is 2.15. The molecule has 0 saturated carbocycles. The minimum absolute atomic E-state index is 0.0521. The molecule has 2 heterocycles. The van der Waals surface area contributed by atoms with Crippen LogP contribution in [0.25, 0.3) is 0 Å². The minimum Gasteiger partial charge on any atom is -0.390 e. The maximum Gasteiger partial charge on any atom is 0.0850 e. The van der Waals surface area contributed by atoms with Gasteiger partial charge in [0.05, 0.1) is 24.9 Å². The van der Waals surface area contributed by atoms with E-state index in [0.717, 1.165) is 18.7 Å². The van der Waals surface area contributed by atoms with Crippen LogP contribution in [0.5, 0.6) is 0 Å². The first-order chi connectivity index (χ1) is 5.92. The third kappa shape index (κ3) is 1.23. The van der Waals surface area contributed by atoms with Crippen LogP contribution in [0.2, 0.25) is 0 Å². The van der Waals surface area contributed by atoms with Gasteiger partial charge < -0.3 is 9.84 Å². The van der Waals surface area contributed by atoms with E-state index in [2.05, 4.69) is 5.10 Å². The molecule has 2 rings (SSSR count). The van der Waals surface area contributed by atoms with Gasteiger partial charge in [-0.05, 0) is 12.5 Å². The maximum absolute atomic E-state index is 8.97. The zero-order valence-electron chi connectivity index (χ0n) is 6.81. The number of rotatable bonds is 2. The highest BCUT2D eigenvalue weighted by Gasteiger charge is 2.19. The summed E-state index contributed by atoms with van der Waals surface area (Å²) in [4.78, 5) is 0. The Morgan fingerprint density at radius 3 is 3.33 bits per heavy atom. The van der Waals surface area contributed by atoms with E-state index in [1.54, 1.807) is 6.20 Å². The average Bonchev–Trinajstić information content (AvgIpc) is 2.74. The minimum atomic E-state index is 0.0521. The van der Waals surface area contributed by atoms with Crippen molar-refractivity contribution in [1.29, 1.82) is 0 Å². The Kier molecular flexibility index (Phi) is 2.10. The van der Waals surface area contributed by atoms with Crippen molar-refractivity contribution < 1.29 is 9.84 Å². The van der Waals surface area contributed by atoms with Gasteiger partial charge >= 0.3 is 0 Å². The molecule has 1 aromatic heterocycles. The Hall–Kier alpha value is -0.870. The topological polar surface area (TPSA) is 47.3 Å². The number of ether oxygens (including phenoxy) is 1. The Labute approximate surface area is 70.8 Å². The van der Waals surface area contributed by atoms with Crippen LogP contribution in [0.4, 0.5) is 0 Å². The van der Waals surface area contributed by atoms with Crippen molar-refractivity contribution >= 4 is 0 Å². The number of hydrogen-bond acceptors (Lipinski definition) is 3. The lowest BCUT2D eigenvalue weighted by Crippen LogP contribution is -2.13. The van der Waals surface area contributed by atoms with Crippen molar-refractivity contribution in [2.45, 2.75) is 19.1 Å². The van der Waals surface area contributed by atoms with E-state index in [0.29, 0.717) is 12.6 Å². The fraction of sp³-hybridized carbons (Fsp3) is 0.625. The molecule has 1 aliphatic rings. The van der Waals surface area contributed by atoms with E-state index < -0.39 is 0 Å². The van der Waals surface area contributed by atoms with Gasteiger partial charge in [-0.25, -0.2) is 0 Å². The van der Waals surface area contributed by atoms with Gasteiger partial charge in [0.25, 0.3) is 0 Å². The molecular formula is C8H12N2O2. The summed E-state index contributed by atoms with van der Waals surface area (Å²) in [7, 11) is 0. The fourth-order valence-corrected chi connectivity index (χ4v) is 1.51. The first-order valence-electron chi connectivity index (χ1n) is 4.13. The molecule has 4 nitrogen and oxygen atoms in total. The molecule has 1 unspecified atom stereocenters. The van der Waals surface area contributed by atoms with E-state index in [1.165, 1.54) is 0 Å². The van der Waals surface area contributed by atoms with Crippen LogP contribution in [0, 0.1) is 0 Å². The summed E-state index contributed by atoms with van der Waals surface area (Å²) >= 11 is 0. The second-order valence-corrected chi connectivity index (χ2v) is 2.94. The van der Waals surface area contributed by atoms with E-state index in [1.807, 2.05) is 10.7 Å². The Balaban J connectivity index is 2.19. The number of hydrogen-bond donors (Lipinski definition) is 1. The van der Waals surface area contributed by atoms with Crippen LogP contribution in [0.3, 0.4) is 0 Å². The molecule has 0 amide bonds. The third-order valence-corrected chi connectivity index (χ3v) is 2.17. The molecule has 0 aromatic carbocycles. The highest BCUT2D eigenvalue weighted by Crippen LogP contribution is 2.19.